The highest BCUT2D eigenvalue weighted by Gasteiger charge is 2.24. The fourth-order valence-corrected chi connectivity index (χ4v) is 10.2. The van der Waals surface area contributed by atoms with Crippen molar-refractivity contribution in [1.82, 2.24) is 0 Å². The highest BCUT2D eigenvalue weighted by Crippen LogP contribution is 2.50. The van der Waals surface area contributed by atoms with Gasteiger partial charge in [0, 0.05) is 32.7 Å². The van der Waals surface area contributed by atoms with Crippen LogP contribution in [0.5, 0.6) is 0 Å². The molecule has 278 valence electrons. The molecule has 0 spiro atoms. The van der Waals surface area contributed by atoms with Crippen LogP contribution in [0.15, 0.2) is 215 Å². The van der Waals surface area contributed by atoms with E-state index in [1.54, 1.807) is 0 Å². The van der Waals surface area contributed by atoms with Crippen molar-refractivity contribution in [3.05, 3.63) is 206 Å². The molecule has 0 N–H and O–H groups in total. The molecular weight excluding hydrogens is 729 g/mol. The topological polar surface area (TPSA) is 26.3 Å². The van der Waals surface area contributed by atoms with E-state index in [1.165, 1.54) is 76.5 Å². The molecule has 0 radical (unpaired) electrons. The van der Waals surface area contributed by atoms with Crippen molar-refractivity contribution in [3.63, 3.8) is 0 Å². The van der Waals surface area contributed by atoms with E-state index in [0.717, 1.165) is 55.0 Å². The first kappa shape index (κ1) is 33.1. The molecule has 13 aromatic rings. The molecule has 0 atom stereocenters. The Hall–Kier alpha value is -7.94. The third-order valence-electron chi connectivity index (χ3n) is 12.7. The van der Waals surface area contributed by atoms with Crippen LogP contribution >= 0.6 is 0 Å². The summed E-state index contributed by atoms with van der Waals surface area (Å²) in [6.07, 6.45) is 0. The van der Waals surface area contributed by atoms with Crippen LogP contribution in [0.25, 0.3) is 131 Å². The minimum atomic E-state index is 0.876. The Labute approximate surface area is 345 Å². The molecule has 60 heavy (non-hydrogen) atoms. The maximum Gasteiger partial charge on any atom is 0.143 e. The Balaban J connectivity index is 1.09. The average Bonchev–Trinajstić information content (AvgIpc) is 3.89. The molecule has 0 saturated heterocycles. The number of hydrogen-bond donors (Lipinski definition) is 0. The summed E-state index contributed by atoms with van der Waals surface area (Å²) in [5.41, 5.74) is 13.1. The van der Waals surface area contributed by atoms with E-state index < -0.39 is 0 Å². The molecule has 0 amide bonds. The third-order valence-corrected chi connectivity index (χ3v) is 12.7. The molecule has 0 fully saturated rings. The van der Waals surface area contributed by atoms with Crippen molar-refractivity contribution in [3.8, 4) is 44.5 Å². The van der Waals surface area contributed by atoms with Crippen LogP contribution in [0.2, 0.25) is 0 Å². The second kappa shape index (κ2) is 12.8. The normalized spacial score (nSPS) is 12.0. The van der Waals surface area contributed by atoms with Crippen molar-refractivity contribution in [2.24, 2.45) is 0 Å². The number of rotatable bonds is 4. The van der Waals surface area contributed by atoms with Gasteiger partial charge in [-0.05, 0) is 101 Å². The lowest BCUT2D eigenvalue weighted by molar-refractivity contribution is 0.669. The van der Waals surface area contributed by atoms with Gasteiger partial charge in [0.15, 0.2) is 0 Å². The molecule has 0 aliphatic carbocycles. The summed E-state index contributed by atoms with van der Waals surface area (Å²) in [5, 5.41) is 14.2. The monoisotopic (exact) mass is 762 g/mol. The van der Waals surface area contributed by atoms with Gasteiger partial charge in [-0.15, -0.1) is 0 Å². The van der Waals surface area contributed by atoms with Gasteiger partial charge >= 0.3 is 0 Å². The van der Waals surface area contributed by atoms with E-state index in [-0.39, 0.29) is 0 Å². The average molecular weight is 763 g/mol. The van der Waals surface area contributed by atoms with Crippen molar-refractivity contribution in [2.45, 2.75) is 0 Å². The van der Waals surface area contributed by atoms with Crippen LogP contribution in [0.1, 0.15) is 0 Å². The highest BCUT2D eigenvalue weighted by atomic mass is 16.3. The summed E-state index contributed by atoms with van der Waals surface area (Å²) >= 11 is 0. The summed E-state index contributed by atoms with van der Waals surface area (Å²) in [4.78, 5) is 0. The number of hydrogen-bond acceptors (Lipinski definition) is 2. The van der Waals surface area contributed by atoms with Crippen LogP contribution in [-0.4, -0.2) is 0 Å². The predicted molar refractivity (Wildman–Crippen MR) is 253 cm³/mol. The van der Waals surface area contributed by atoms with Gasteiger partial charge in [-0.1, -0.05) is 182 Å². The number of fused-ring (bicyclic) bond motifs is 10. The molecule has 13 rings (SSSR count). The Morgan fingerprint density at radius 1 is 0.233 bits per heavy atom. The van der Waals surface area contributed by atoms with Gasteiger partial charge in [-0.3, -0.25) is 0 Å². The number of furan rings is 2. The first-order valence-electron chi connectivity index (χ1n) is 20.6. The van der Waals surface area contributed by atoms with Crippen molar-refractivity contribution in [2.75, 3.05) is 0 Å². The lowest BCUT2D eigenvalue weighted by Crippen LogP contribution is -1.91. The van der Waals surface area contributed by atoms with Crippen molar-refractivity contribution >= 4 is 87.0 Å². The van der Waals surface area contributed by atoms with Gasteiger partial charge < -0.3 is 8.83 Å². The first-order chi connectivity index (χ1) is 29.8. The maximum absolute atomic E-state index is 7.10. The van der Waals surface area contributed by atoms with Crippen molar-refractivity contribution in [1.29, 1.82) is 0 Å². The molecule has 2 heteroatoms. The largest absolute Gasteiger partial charge is 0.456 e. The molecule has 2 heterocycles. The standard InChI is InChI=1S/C58H34O2/c1-2-16-35(17-3-1)53-38-19-4-8-23-42(38)55(43-24-9-5-20-39(43)53)46-27-15-31-52-57(46)48-29-14-28-47(58(48)60-52)56-44-25-10-6-21-40(44)54(41-22-7-11-26-45(41)56)36-32-33-51-49(34-36)37-18-12-13-30-50(37)59-51/h1-34H. The first-order valence-corrected chi connectivity index (χ1v) is 20.6. The fourth-order valence-electron chi connectivity index (χ4n) is 10.2. The fraction of sp³-hybridized carbons (Fsp3) is 0. The molecule has 2 nitrogen and oxygen atoms in total. The molecule has 0 aliphatic heterocycles. The Morgan fingerprint density at radius 2 is 0.667 bits per heavy atom. The zero-order chi connectivity index (χ0) is 39.3. The summed E-state index contributed by atoms with van der Waals surface area (Å²) in [6.45, 7) is 0. The van der Waals surface area contributed by atoms with E-state index in [2.05, 4.69) is 194 Å². The molecule has 0 unspecified atom stereocenters. The number of benzene rings is 11. The van der Waals surface area contributed by atoms with Crippen molar-refractivity contribution < 1.29 is 8.83 Å². The Kier molecular flexibility index (Phi) is 7.05. The smallest absolute Gasteiger partial charge is 0.143 e. The zero-order valence-corrected chi connectivity index (χ0v) is 32.4. The zero-order valence-electron chi connectivity index (χ0n) is 32.4. The van der Waals surface area contributed by atoms with Crippen LogP contribution in [0.4, 0.5) is 0 Å². The molecule has 2 aromatic heterocycles. The van der Waals surface area contributed by atoms with E-state index in [9.17, 15) is 0 Å². The lowest BCUT2D eigenvalue weighted by atomic mass is 9.84. The molecule has 0 aliphatic rings. The number of para-hydroxylation sites is 2. The third kappa shape index (κ3) is 4.70. The highest BCUT2D eigenvalue weighted by molar-refractivity contribution is 6.28. The van der Waals surface area contributed by atoms with Gasteiger partial charge in [0.05, 0.1) is 0 Å². The molecule has 0 saturated carbocycles. The van der Waals surface area contributed by atoms with E-state index in [0.29, 0.717) is 0 Å². The minimum absolute atomic E-state index is 0.876. The van der Waals surface area contributed by atoms with Crippen LogP contribution in [-0.2, 0) is 0 Å². The summed E-state index contributed by atoms with van der Waals surface area (Å²) in [6, 6.07) is 74.4. The van der Waals surface area contributed by atoms with Gasteiger partial charge in [-0.2, -0.15) is 0 Å². The van der Waals surface area contributed by atoms with Gasteiger partial charge in [0.25, 0.3) is 0 Å². The van der Waals surface area contributed by atoms with Crippen LogP contribution in [0, 0.1) is 0 Å². The summed E-state index contributed by atoms with van der Waals surface area (Å²) < 4.78 is 13.4. The summed E-state index contributed by atoms with van der Waals surface area (Å²) in [5.74, 6) is 0. The van der Waals surface area contributed by atoms with Crippen LogP contribution in [0.3, 0.4) is 0 Å². The lowest BCUT2D eigenvalue weighted by Gasteiger charge is -2.18. The summed E-state index contributed by atoms with van der Waals surface area (Å²) in [7, 11) is 0. The van der Waals surface area contributed by atoms with Gasteiger partial charge in [0.1, 0.15) is 22.3 Å². The van der Waals surface area contributed by atoms with Gasteiger partial charge in [0.2, 0.25) is 0 Å². The second-order valence-electron chi connectivity index (χ2n) is 15.8. The van der Waals surface area contributed by atoms with Gasteiger partial charge in [-0.25, -0.2) is 0 Å². The van der Waals surface area contributed by atoms with E-state index >= 15 is 0 Å². The predicted octanol–water partition coefficient (Wildman–Crippen LogP) is 16.8. The molecule has 11 aromatic carbocycles. The quantitative estimate of drug-likeness (QED) is 0.167. The second-order valence-corrected chi connectivity index (χ2v) is 15.8. The molecular formula is C58H34O2. The minimum Gasteiger partial charge on any atom is -0.456 e. The van der Waals surface area contributed by atoms with Crippen LogP contribution < -0.4 is 0 Å². The Morgan fingerprint density at radius 3 is 1.28 bits per heavy atom. The maximum atomic E-state index is 7.10. The molecule has 0 bridgehead atoms. The van der Waals surface area contributed by atoms with E-state index in [4.69, 9.17) is 8.83 Å². The van der Waals surface area contributed by atoms with E-state index in [1.807, 2.05) is 12.1 Å². The Bertz CT molecular complexity index is 3770. The SMILES string of the molecule is c1ccc(-c2c3ccccc3c(-c3cccc4oc5c(-c6c7ccccc7c(-c7ccc8oc9ccccc9c8c7)c7ccccc67)cccc5c34)c3ccccc23)cc1.